The molecule has 0 saturated carbocycles. The van der Waals surface area contributed by atoms with Crippen LogP contribution in [-0.2, 0) is 19.6 Å². The molecule has 0 atom stereocenters. The van der Waals surface area contributed by atoms with Crippen molar-refractivity contribution in [2.75, 3.05) is 19.0 Å². The molecule has 2 aromatic rings. The quantitative estimate of drug-likeness (QED) is 0.666. The van der Waals surface area contributed by atoms with Gasteiger partial charge in [0.05, 0.1) is 12.0 Å². The average Bonchev–Trinajstić information content (AvgIpc) is 2.64. The van der Waals surface area contributed by atoms with Gasteiger partial charge in [-0.1, -0.05) is 6.07 Å². The first-order chi connectivity index (χ1) is 13.5. The summed E-state index contributed by atoms with van der Waals surface area (Å²) in [7, 11) is -2.41. The van der Waals surface area contributed by atoms with E-state index >= 15 is 0 Å². The van der Waals surface area contributed by atoms with E-state index in [2.05, 4.69) is 14.8 Å². The van der Waals surface area contributed by atoms with Crippen LogP contribution < -0.4 is 14.8 Å². The van der Waals surface area contributed by atoms with Crippen LogP contribution in [0.15, 0.2) is 53.4 Å². The summed E-state index contributed by atoms with van der Waals surface area (Å²) in [4.78, 5) is 23.7. The van der Waals surface area contributed by atoms with Gasteiger partial charge in [-0.3, -0.25) is 4.79 Å². The Bertz CT molecular complexity index is 979. The molecule has 156 valence electrons. The van der Waals surface area contributed by atoms with E-state index in [4.69, 9.17) is 4.74 Å². The van der Waals surface area contributed by atoms with Crippen LogP contribution in [0.1, 0.15) is 31.1 Å². The minimum atomic E-state index is -3.68. The largest absolute Gasteiger partial charge is 0.482 e. The van der Waals surface area contributed by atoms with Crippen molar-refractivity contribution < 1.29 is 27.5 Å². The summed E-state index contributed by atoms with van der Waals surface area (Å²) in [5.74, 6) is -0.541. The van der Waals surface area contributed by atoms with Crippen LogP contribution in [0.5, 0.6) is 5.75 Å². The first kappa shape index (κ1) is 22.4. The standard InChI is InChI=1S/C20H24N2O6S/c1-20(2,3)22-29(25,26)17-10-8-14(9-11-17)19(24)21-15-6-5-7-16(12-15)28-13-18(23)27-4/h5-12,22H,13H2,1-4H3,(H,21,24). The van der Waals surface area contributed by atoms with Crippen molar-refractivity contribution in [1.29, 1.82) is 0 Å². The molecule has 0 saturated heterocycles. The van der Waals surface area contributed by atoms with E-state index in [-0.39, 0.29) is 11.5 Å². The number of carbonyl (C=O) groups excluding carboxylic acids is 2. The molecule has 1 amide bonds. The smallest absolute Gasteiger partial charge is 0.343 e. The van der Waals surface area contributed by atoms with E-state index in [9.17, 15) is 18.0 Å². The summed E-state index contributed by atoms with van der Waals surface area (Å²) in [6.07, 6.45) is 0. The van der Waals surface area contributed by atoms with Crippen LogP contribution in [-0.4, -0.2) is 39.5 Å². The number of sulfonamides is 1. The van der Waals surface area contributed by atoms with Crippen molar-refractivity contribution >= 4 is 27.6 Å². The van der Waals surface area contributed by atoms with Gasteiger partial charge in [0.1, 0.15) is 5.75 Å². The summed E-state index contributed by atoms with van der Waals surface area (Å²) in [5.41, 5.74) is 0.139. The molecule has 0 aliphatic heterocycles. The maximum Gasteiger partial charge on any atom is 0.343 e. The predicted octanol–water partition coefficient (Wildman–Crippen LogP) is 2.57. The molecule has 9 heteroatoms. The van der Waals surface area contributed by atoms with Gasteiger partial charge in [-0.15, -0.1) is 0 Å². The summed E-state index contributed by atoms with van der Waals surface area (Å²) >= 11 is 0. The van der Waals surface area contributed by atoms with Gasteiger partial charge >= 0.3 is 5.97 Å². The van der Waals surface area contributed by atoms with Gasteiger partial charge in [-0.05, 0) is 57.2 Å². The maximum absolute atomic E-state index is 12.4. The highest BCUT2D eigenvalue weighted by molar-refractivity contribution is 7.89. The van der Waals surface area contributed by atoms with Gasteiger partial charge in [-0.2, -0.15) is 0 Å². The first-order valence-corrected chi connectivity index (χ1v) is 10.2. The van der Waals surface area contributed by atoms with Crippen molar-refractivity contribution in [2.24, 2.45) is 0 Å². The fraction of sp³-hybridized carbons (Fsp3) is 0.300. The Morgan fingerprint density at radius 3 is 2.28 bits per heavy atom. The second-order valence-electron chi connectivity index (χ2n) is 7.23. The molecule has 0 aliphatic carbocycles. The number of carbonyl (C=O) groups is 2. The van der Waals surface area contributed by atoms with Gasteiger partial charge in [0.25, 0.3) is 5.91 Å². The van der Waals surface area contributed by atoms with Crippen molar-refractivity contribution in [2.45, 2.75) is 31.2 Å². The highest BCUT2D eigenvalue weighted by Crippen LogP contribution is 2.19. The van der Waals surface area contributed by atoms with Crippen molar-refractivity contribution in [3.63, 3.8) is 0 Å². The molecule has 2 rings (SSSR count). The van der Waals surface area contributed by atoms with E-state index < -0.39 is 27.4 Å². The van der Waals surface area contributed by atoms with Gasteiger partial charge in [0, 0.05) is 22.9 Å². The number of nitrogens with one attached hydrogen (secondary N) is 2. The first-order valence-electron chi connectivity index (χ1n) is 8.75. The molecule has 2 aromatic carbocycles. The van der Waals surface area contributed by atoms with Gasteiger partial charge < -0.3 is 14.8 Å². The monoisotopic (exact) mass is 420 g/mol. The zero-order valence-electron chi connectivity index (χ0n) is 16.7. The van der Waals surface area contributed by atoms with E-state index in [0.29, 0.717) is 17.0 Å². The number of hydrogen-bond acceptors (Lipinski definition) is 6. The number of amides is 1. The Kier molecular flexibility index (Phi) is 6.99. The molecular weight excluding hydrogens is 396 g/mol. The summed E-state index contributed by atoms with van der Waals surface area (Å²) in [6.45, 7) is 4.99. The minimum absolute atomic E-state index is 0.0715. The minimum Gasteiger partial charge on any atom is -0.482 e. The molecule has 0 fully saturated rings. The van der Waals surface area contributed by atoms with Crippen LogP contribution in [0.2, 0.25) is 0 Å². The van der Waals surface area contributed by atoms with Crippen LogP contribution in [0.4, 0.5) is 5.69 Å². The summed E-state index contributed by atoms with van der Waals surface area (Å²) in [6, 6.07) is 12.1. The van der Waals surface area contributed by atoms with E-state index in [1.165, 1.54) is 31.4 Å². The third-order valence-corrected chi connectivity index (χ3v) is 5.32. The Morgan fingerprint density at radius 2 is 1.69 bits per heavy atom. The van der Waals surface area contributed by atoms with Crippen LogP contribution in [0.3, 0.4) is 0 Å². The highest BCUT2D eigenvalue weighted by Gasteiger charge is 2.22. The lowest BCUT2D eigenvalue weighted by atomic mass is 10.1. The highest BCUT2D eigenvalue weighted by atomic mass is 32.2. The lowest BCUT2D eigenvalue weighted by Gasteiger charge is -2.20. The Morgan fingerprint density at radius 1 is 1.03 bits per heavy atom. The molecule has 0 aliphatic rings. The van der Waals surface area contributed by atoms with Crippen LogP contribution in [0.25, 0.3) is 0 Å². The third-order valence-electron chi connectivity index (χ3n) is 3.54. The maximum atomic E-state index is 12.4. The van der Waals surface area contributed by atoms with E-state index in [1.54, 1.807) is 45.0 Å². The van der Waals surface area contributed by atoms with Gasteiger partial charge in [0.15, 0.2) is 6.61 Å². The Labute approximate surface area is 170 Å². The fourth-order valence-corrected chi connectivity index (χ4v) is 3.73. The molecule has 0 radical (unpaired) electrons. The number of benzene rings is 2. The Balaban J connectivity index is 2.07. The molecule has 0 heterocycles. The SMILES string of the molecule is COC(=O)COc1cccc(NC(=O)c2ccc(S(=O)(=O)NC(C)(C)C)cc2)c1. The molecule has 0 bridgehead atoms. The topological polar surface area (TPSA) is 111 Å². The van der Waals surface area contributed by atoms with Gasteiger partial charge in [-0.25, -0.2) is 17.9 Å². The molecule has 8 nitrogen and oxygen atoms in total. The molecule has 0 aromatic heterocycles. The second-order valence-corrected chi connectivity index (χ2v) is 8.91. The van der Waals surface area contributed by atoms with Crippen LogP contribution >= 0.6 is 0 Å². The van der Waals surface area contributed by atoms with Crippen molar-refractivity contribution in [3.8, 4) is 5.75 Å². The van der Waals surface area contributed by atoms with Crippen molar-refractivity contribution in [3.05, 3.63) is 54.1 Å². The normalized spacial score (nSPS) is 11.6. The number of hydrogen-bond donors (Lipinski definition) is 2. The number of methoxy groups -OCH3 is 1. The predicted molar refractivity (Wildman–Crippen MR) is 108 cm³/mol. The lowest BCUT2D eigenvalue weighted by molar-refractivity contribution is -0.142. The zero-order valence-corrected chi connectivity index (χ0v) is 17.5. The molecule has 0 unspecified atom stereocenters. The fourth-order valence-electron chi connectivity index (χ4n) is 2.32. The molecule has 0 spiro atoms. The average molecular weight is 420 g/mol. The van der Waals surface area contributed by atoms with Gasteiger partial charge in [0.2, 0.25) is 10.0 Å². The number of anilines is 1. The number of esters is 1. The van der Waals surface area contributed by atoms with E-state index in [0.717, 1.165) is 0 Å². The number of ether oxygens (including phenoxy) is 2. The second kappa shape index (κ2) is 9.06. The Hall–Kier alpha value is -2.91. The third kappa shape index (κ3) is 6.88. The molecule has 2 N–H and O–H groups in total. The summed E-state index contributed by atoms with van der Waals surface area (Å²) in [5, 5.41) is 2.70. The molecule has 29 heavy (non-hydrogen) atoms. The molecular formula is C20H24N2O6S. The van der Waals surface area contributed by atoms with Crippen molar-refractivity contribution in [1.82, 2.24) is 4.72 Å². The summed E-state index contributed by atoms with van der Waals surface area (Å²) < 4.78 is 37.0. The number of rotatable bonds is 7. The van der Waals surface area contributed by atoms with Crippen LogP contribution in [0, 0.1) is 0 Å². The lowest BCUT2D eigenvalue weighted by Crippen LogP contribution is -2.40. The zero-order chi connectivity index (χ0) is 21.7. The van der Waals surface area contributed by atoms with E-state index in [1.807, 2.05) is 0 Å².